The minimum Gasteiger partial charge on any atom is -0.465 e. The average molecular weight is 729 g/mol. The van der Waals surface area contributed by atoms with Crippen molar-refractivity contribution in [3.63, 3.8) is 0 Å². The molecule has 51 heavy (non-hydrogen) atoms. The summed E-state index contributed by atoms with van der Waals surface area (Å²) in [5, 5.41) is 27.0. The lowest BCUT2D eigenvalue weighted by atomic mass is 9.99. The summed E-state index contributed by atoms with van der Waals surface area (Å²) < 4.78 is 1.99. The summed E-state index contributed by atoms with van der Waals surface area (Å²) in [6.07, 6.45) is -0.694. The van der Waals surface area contributed by atoms with E-state index in [2.05, 4.69) is 51.8 Å². The fraction of sp³-hybridized carbons (Fsp3) is 0.306. The van der Waals surface area contributed by atoms with Crippen LogP contribution in [0, 0.1) is 32.6 Å². The number of nitrogens with one attached hydrogen (secondary N) is 3. The lowest BCUT2D eigenvalue weighted by molar-refractivity contribution is -0.122. The Balaban J connectivity index is 1.24. The second-order valence-corrected chi connectivity index (χ2v) is 13.7. The van der Waals surface area contributed by atoms with Crippen molar-refractivity contribution >= 4 is 58.2 Å². The molecule has 0 spiro atoms. The van der Waals surface area contributed by atoms with E-state index in [4.69, 9.17) is 21.7 Å². The Hall–Kier alpha value is -5.52. The SMILES string of the molecule is Cc1sc2c(c1C)C(c1ccc(Cl)cc1)=N[C@@H](CC(=O)NCCCC(=O)Nc1ccc(C(=O)N(C)C)c(C#CCNC(=O)O)c1)c1nnc(C)n1-2. The molecule has 4 aromatic rings. The van der Waals surface area contributed by atoms with Crippen LogP contribution in [0.2, 0.25) is 5.02 Å². The molecule has 5 rings (SSSR count). The fourth-order valence-corrected chi connectivity index (χ4v) is 6.83. The van der Waals surface area contributed by atoms with E-state index in [0.29, 0.717) is 39.9 Å². The molecule has 4 N–H and O–H groups in total. The molecule has 13 nitrogen and oxygen atoms in total. The van der Waals surface area contributed by atoms with Gasteiger partial charge in [0.2, 0.25) is 11.8 Å². The normalized spacial score (nSPS) is 13.1. The van der Waals surface area contributed by atoms with E-state index in [0.717, 1.165) is 32.3 Å². The Kier molecular flexibility index (Phi) is 11.5. The number of hydrogen-bond acceptors (Lipinski definition) is 8. The lowest BCUT2D eigenvalue weighted by Crippen LogP contribution is -2.27. The van der Waals surface area contributed by atoms with Crippen LogP contribution in [-0.2, 0) is 9.59 Å². The molecule has 264 valence electrons. The van der Waals surface area contributed by atoms with Gasteiger partial charge in [0.05, 0.1) is 24.2 Å². The van der Waals surface area contributed by atoms with Crippen LogP contribution in [0.3, 0.4) is 0 Å². The standard InChI is InChI=1S/C36H37ClN8O5S/c1-20-21(2)51-35-31(20)32(23-10-12-25(37)13-11-23)41-28(33-43-42-22(3)45(33)35)19-30(47)38-16-7-9-29(46)40-26-14-15-27(34(48)44(4)5)24(18-26)8-6-17-39-36(49)50/h10-15,18,28,39H,7,9,16-17,19H2,1-5H3,(H,38,47)(H,40,46)(H,49,50)/t28-/m0/s1. The first-order valence-corrected chi connectivity index (χ1v) is 17.3. The highest BCUT2D eigenvalue weighted by molar-refractivity contribution is 7.15. The molecule has 0 aliphatic carbocycles. The van der Waals surface area contributed by atoms with E-state index in [-0.39, 0.29) is 43.7 Å². The zero-order valence-corrected chi connectivity index (χ0v) is 30.3. The molecule has 0 radical (unpaired) electrons. The van der Waals surface area contributed by atoms with Crippen molar-refractivity contribution in [1.82, 2.24) is 30.3 Å². The summed E-state index contributed by atoms with van der Waals surface area (Å²) in [5.41, 5.74) is 4.80. The highest BCUT2D eigenvalue weighted by atomic mass is 35.5. The maximum Gasteiger partial charge on any atom is 0.405 e. The molecule has 15 heteroatoms. The van der Waals surface area contributed by atoms with Crippen LogP contribution >= 0.6 is 22.9 Å². The second kappa shape index (κ2) is 16.0. The number of amides is 4. The van der Waals surface area contributed by atoms with E-state index in [1.807, 2.05) is 35.8 Å². The van der Waals surface area contributed by atoms with E-state index < -0.39 is 12.1 Å². The molecule has 4 amide bonds. The lowest BCUT2D eigenvalue weighted by Gasteiger charge is -2.14. The Morgan fingerprint density at radius 2 is 1.76 bits per heavy atom. The van der Waals surface area contributed by atoms with Crippen LogP contribution in [0.5, 0.6) is 0 Å². The van der Waals surface area contributed by atoms with Gasteiger partial charge in [-0.05, 0) is 63.1 Å². The largest absolute Gasteiger partial charge is 0.465 e. The highest BCUT2D eigenvalue weighted by Crippen LogP contribution is 2.39. The van der Waals surface area contributed by atoms with Crippen LogP contribution in [-0.4, -0.2) is 81.5 Å². The number of aliphatic imine (C=N–C) groups is 1. The number of thiophene rings is 1. The van der Waals surface area contributed by atoms with E-state index >= 15 is 0 Å². The van der Waals surface area contributed by atoms with Gasteiger partial charge in [-0.1, -0.05) is 35.6 Å². The first-order chi connectivity index (χ1) is 24.3. The third kappa shape index (κ3) is 8.62. The summed E-state index contributed by atoms with van der Waals surface area (Å²) in [5.74, 6) is 5.94. The van der Waals surface area contributed by atoms with Crippen molar-refractivity contribution < 1.29 is 24.3 Å². The van der Waals surface area contributed by atoms with Gasteiger partial charge in [0.15, 0.2) is 5.82 Å². The van der Waals surface area contributed by atoms with Gasteiger partial charge in [0.1, 0.15) is 16.9 Å². The zero-order valence-electron chi connectivity index (χ0n) is 28.8. The van der Waals surface area contributed by atoms with Crippen molar-refractivity contribution in [2.75, 3.05) is 32.5 Å². The van der Waals surface area contributed by atoms with E-state index in [1.165, 1.54) is 4.90 Å². The molecular weight excluding hydrogens is 692 g/mol. The number of benzene rings is 2. The monoisotopic (exact) mass is 728 g/mol. The molecule has 1 atom stereocenters. The predicted molar refractivity (Wildman–Crippen MR) is 196 cm³/mol. The van der Waals surface area contributed by atoms with Crippen LogP contribution in [0.4, 0.5) is 10.5 Å². The van der Waals surface area contributed by atoms with Crippen LogP contribution in [0.1, 0.15) is 74.4 Å². The Morgan fingerprint density at radius 3 is 2.47 bits per heavy atom. The molecule has 1 aliphatic heterocycles. The van der Waals surface area contributed by atoms with Gasteiger partial charge in [-0.2, -0.15) is 0 Å². The number of carbonyl (C=O) groups is 4. The Labute approximate surface area is 304 Å². The minimum atomic E-state index is -1.21. The summed E-state index contributed by atoms with van der Waals surface area (Å²) >= 11 is 7.84. The number of fused-ring (bicyclic) bond motifs is 3. The van der Waals surface area contributed by atoms with Gasteiger partial charge < -0.3 is 26.0 Å². The molecule has 3 heterocycles. The maximum absolute atomic E-state index is 13.3. The summed E-state index contributed by atoms with van der Waals surface area (Å²) in [6, 6.07) is 11.6. The molecule has 0 saturated carbocycles. The summed E-state index contributed by atoms with van der Waals surface area (Å²) in [7, 11) is 3.22. The van der Waals surface area contributed by atoms with Gasteiger partial charge in [-0.15, -0.1) is 21.5 Å². The van der Waals surface area contributed by atoms with E-state index in [9.17, 15) is 19.2 Å². The third-order valence-electron chi connectivity index (χ3n) is 8.13. The van der Waals surface area contributed by atoms with Crippen molar-refractivity contribution in [3.8, 4) is 16.8 Å². The second-order valence-electron chi connectivity index (χ2n) is 12.0. The van der Waals surface area contributed by atoms with Crippen molar-refractivity contribution in [2.24, 2.45) is 4.99 Å². The molecule has 0 fully saturated rings. The number of aryl methyl sites for hydroxylation is 2. The number of anilines is 1. The predicted octanol–water partition coefficient (Wildman–Crippen LogP) is 5.05. The molecule has 0 unspecified atom stereocenters. The quantitative estimate of drug-likeness (QED) is 0.131. The van der Waals surface area contributed by atoms with Gasteiger partial charge in [-0.25, -0.2) is 4.79 Å². The van der Waals surface area contributed by atoms with Crippen LogP contribution in [0.25, 0.3) is 5.00 Å². The first kappa shape index (κ1) is 36.8. The molecular formula is C36H37ClN8O5S. The molecule has 2 aromatic carbocycles. The minimum absolute atomic E-state index is 0.0260. The topological polar surface area (TPSA) is 171 Å². The number of carboxylic acid groups (broad SMARTS) is 1. The fourth-order valence-electron chi connectivity index (χ4n) is 5.49. The van der Waals surface area contributed by atoms with E-state index in [1.54, 1.807) is 43.6 Å². The third-order valence-corrected chi connectivity index (χ3v) is 9.57. The maximum atomic E-state index is 13.3. The average Bonchev–Trinajstić information content (AvgIpc) is 3.56. The highest BCUT2D eigenvalue weighted by Gasteiger charge is 2.32. The molecule has 1 aliphatic rings. The van der Waals surface area contributed by atoms with Gasteiger partial charge in [0.25, 0.3) is 5.91 Å². The molecule has 2 aromatic heterocycles. The molecule has 0 saturated heterocycles. The number of nitrogens with zero attached hydrogens (tertiary/aromatic N) is 5. The zero-order chi connectivity index (χ0) is 36.8. The van der Waals surface area contributed by atoms with Gasteiger partial charge in [-0.3, -0.25) is 23.9 Å². The first-order valence-electron chi connectivity index (χ1n) is 16.1. The number of hydrogen-bond donors (Lipinski definition) is 4. The van der Waals surface area contributed by atoms with Crippen LogP contribution < -0.4 is 16.0 Å². The Bertz CT molecular complexity index is 2090. The smallest absolute Gasteiger partial charge is 0.405 e. The number of carbonyl (C=O) groups excluding carboxylic acids is 3. The molecule has 0 bridgehead atoms. The number of aromatic nitrogens is 3. The Morgan fingerprint density at radius 1 is 1.02 bits per heavy atom. The van der Waals surface area contributed by atoms with Crippen molar-refractivity contribution in [1.29, 1.82) is 0 Å². The number of rotatable bonds is 10. The van der Waals surface area contributed by atoms with Crippen molar-refractivity contribution in [2.45, 2.75) is 46.1 Å². The van der Waals surface area contributed by atoms with Gasteiger partial charge in [0, 0.05) is 59.3 Å². The summed E-state index contributed by atoms with van der Waals surface area (Å²) in [6.45, 7) is 6.15. The van der Waals surface area contributed by atoms with Gasteiger partial charge >= 0.3 is 6.09 Å². The van der Waals surface area contributed by atoms with Crippen molar-refractivity contribution in [3.05, 3.63) is 91.8 Å². The summed E-state index contributed by atoms with van der Waals surface area (Å²) in [4.78, 5) is 57.1. The number of halogens is 1. The van der Waals surface area contributed by atoms with Crippen LogP contribution in [0.15, 0.2) is 47.5 Å².